The van der Waals surface area contributed by atoms with Crippen LogP contribution in [-0.2, 0) is 9.53 Å². The fourth-order valence-electron chi connectivity index (χ4n) is 2.53. The van der Waals surface area contributed by atoms with E-state index in [1.807, 2.05) is 26.8 Å². The molecule has 0 bridgehead atoms. The molecule has 0 aliphatic carbocycles. The monoisotopic (exact) mass is 350 g/mol. The highest BCUT2D eigenvalue weighted by molar-refractivity contribution is 5.97. The van der Waals surface area contributed by atoms with Gasteiger partial charge < -0.3 is 14.8 Å². The van der Waals surface area contributed by atoms with Gasteiger partial charge in [-0.05, 0) is 39.2 Å². The Bertz CT molecular complexity index is 534. The van der Waals surface area contributed by atoms with Gasteiger partial charge in [-0.2, -0.15) is 0 Å². The molecule has 142 valence electrons. The van der Waals surface area contributed by atoms with Gasteiger partial charge in [0.15, 0.2) is 0 Å². The van der Waals surface area contributed by atoms with Crippen LogP contribution in [0.1, 0.15) is 71.8 Å². The smallest absolute Gasteiger partial charge is 0.256 e. The second-order valence-corrected chi connectivity index (χ2v) is 6.69. The van der Waals surface area contributed by atoms with Crippen molar-refractivity contribution in [3.63, 3.8) is 0 Å². The summed E-state index contributed by atoms with van der Waals surface area (Å²) in [6.07, 6.45) is 7.38. The summed E-state index contributed by atoms with van der Waals surface area (Å²) in [7, 11) is 0. The van der Waals surface area contributed by atoms with E-state index in [4.69, 9.17) is 9.47 Å². The molecule has 0 aliphatic rings. The lowest BCUT2D eigenvalue weighted by atomic mass is 9.96. The van der Waals surface area contributed by atoms with Crippen LogP contribution in [0.25, 0.3) is 0 Å². The Morgan fingerprint density at radius 2 is 1.88 bits per heavy atom. The molecule has 1 amide bonds. The summed E-state index contributed by atoms with van der Waals surface area (Å²) in [4.78, 5) is 17.1. The van der Waals surface area contributed by atoms with Gasteiger partial charge in [0.05, 0.1) is 18.5 Å². The summed E-state index contributed by atoms with van der Waals surface area (Å²) in [5.74, 6) is 0.508. The Kier molecular flexibility index (Phi) is 9.50. The number of aryl methyl sites for hydroxylation is 1. The third kappa shape index (κ3) is 7.02. The number of amides is 1. The predicted molar refractivity (Wildman–Crippen MR) is 102 cm³/mol. The molecular formula is C20H34N2O3. The Morgan fingerprint density at radius 3 is 2.48 bits per heavy atom. The molecule has 1 aromatic heterocycles. The van der Waals surface area contributed by atoms with E-state index < -0.39 is 5.60 Å². The van der Waals surface area contributed by atoms with Gasteiger partial charge in [-0.25, -0.2) is 4.98 Å². The van der Waals surface area contributed by atoms with Crippen LogP contribution in [0.4, 0.5) is 5.69 Å². The number of anilines is 1. The first-order valence-electron chi connectivity index (χ1n) is 9.51. The molecule has 1 rings (SSSR count). The molecule has 0 radical (unpaired) electrons. The van der Waals surface area contributed by atoms with Crippen molar-refractivity contribution in [1.29, 1.82) is 0 Å². The number of hydrogen-bond donors (Lipinski definition) is 1. The van der Waals surface area contributed by atoms with E-state index in [1.54, 1.807) is 6.20 Å². The van der Waals surface area contributed by atoms with Crippen molar-refractivity contribution in [1.82, 2.24) is 4.98 Å². The van der Waals surface area contributed by atoms with E-state index in [0.29, 0.717) is 24.8 Å². The van der Waals surface area contributed by atoms with Crippen LogP contribution < -0.4 is 10.1 Å². The van der Waals surface area contributed by atoms with Crippen molar-refractivity contribution < 1.29 is 14.3 Å². The van der Waals surface area contributed by atoms with Crippen LogP contribution in [0.15, 0.2) is 12.3 Å². The standard InChI is InChI=1S/C20H34N2O3/c1-6-9-10-11-20(5,25-13-8-3)19(23)22-17-14-16(4)18(21-15-17)24-12-7-2/h14-15H,6-13H2,1-5H3,(H,22,23). The average Bonchev–Trinajstić information content (AvgIpc) is 2.59. The van der Waals surface area contributed by atoms with Crippen LogP contribution in [0.5, 0.6) is 5.88 Å². The highest BCUT2D eigenvalue weighted by Gasteiger charge is 2.33. The maximum atomic E-state index is 12.8. The molecule has 5 nitrogen and oxygen atoms in total. The average molecular weight is 351 g/mol. The molecule has 1 N–H and O–H groups in total. The van der Waals surface area contributed by atoms with E-state index in [-0.39, 0.29) is 5.91 Å². The molecule has 0 aromatic carbocycles. The highest BCUT2D eigenvalue weighted by atomic mass is 16.5. The Balaban J connectivity index is 2.79. The van der Waals surface area contributed by atoms with E-state index in [9.17, 15) is 4.79 Å². The van der Waals surface area contributed by atoms with Crippen molar-refractivity contribution >= 4 is 11.6 Å². The van der Waals surface area contributed by atoms with Gasteiger partial charge in [0.1, 0.15) is 5.60 Å². The van der Waals surface area contributed by atoms with Crippen molar-refractivity contribution in [2.75, 3.05) is 18.5 Å². The summed E-state index contributed by atoms with van der Waals surface area (Å²) in [6, 6.07) is 1.89. The van der Waals surface area contributed by atoms with Crippen LogP contribution >= 0.6 is 0 Å². The van der Waals surface area contributed by atoms with E-state index in [1.165, 1.54) is 0 Å². The number of carbonyl (C=O) groups excluding carboxylic acids is 1. The lowest BCUT2D eigenvalue weighted by molar-refractivity contribution is -0.140. The highest BCUT2D eigenvalue weighted by Crippen LogP contribution is 2.24. The maximum Gasteiger partial charge on any atom is 0.256 e. The number of pyridine rings is 1. The molecule has 5 heteroatoms. The fraction of sp³-hybridized carbons (Fsp3) is 0.700. The Hall–Kier alpha value is -1.62. The van der Waals surface area contributed by atoms with Crippen LogP contribution in [0.3, 0.4) is 0 Å². The molecule has 1 unspecified atom stereocenters. The van der Waals surface area contributed by atoms with Crippen molar-refractivity contribution in [3.05, 3.63) is 17.8 Å². The molecule has 1 heterocycles. The fourth-order valence-corrected chi connectivity index (χ4v) is 2.53. The Morgan fingerprint density at radius 1 is 1.16 bits per heavy atom. The van der Waals surface area contributed by atoms with Crippen LogP contribution in [0.2, 0.25) is 0 Å². The van der Waals surface area contributed by atoms with Gasteiger partial charge >= 0.3 is 0 Å². The van der Waals surface area contributed by atoms with E-state index >= 15 is 0 Å². The molecular weight excluding hydrogens is 316 g/mol. The lowest BCUT2D eigenvalue weighted by Crippen LogP contribution is -2.43. The maximum absolute atomic E-state index is 12.8. The van der Waals surface area contributed by atoms with Crippen LogP contribution in [0, 0.1) is 6.92 Å². The van der Waals surface area contributed by atoms with E-state index in [0.717, 1.165) is 44.1 Å². The van der Waals surface area contributed by atoms with Crippen LogP contribution in [-0.4, -0.2) is 29.7 Å². The van der Waals surface area contributed by atoms with Gasteiger partial charge in [-0.15, -0.1) is 0 Å². The van der Waals surface area contributed by atoms with E-state index in [2.05, 4.69) is 24.1 Å². The number of carbonyl (C=O) groups is 1. The first-order valence-corrected chi connectivity index (χ1v) is 9.51. The topological polar surface area (TPSA) is 60.5 Å². The third-order valence-corrected chi connectivity index (χ3v) is 4.09. The zero-order chi connectivity index (χ0) is 18.7. The van der Waals surface area contributed by atoms with Crippen molar-refractivity contribution in [3.8, 4) is 5.88 Å². The number of hydrogen-bond acceptors (Lipinski definition) is 4. The van der Waals surface area contributed by atoms with Gasteiger partial charge in [-0.3, -0.25) is 4.79 Å². The molecule has 1 aromatic rings. The van der Waals surface area contributed by atoms with Crippen molar-refractivity contribution in [2.24, 2.45) is 0 Å². The lowest BCUT2D eigenvalue weighted by Gasteiger charge is -2.28. The number of rotatable bonds is 12. The number of nitrogens with one attached hydrogen (secondary N) is 1. The first-order chi connectivity index (χ1) is 12.0. The second kappa shape index (κ2) is 11.1. The molecule has 25 heavy (non-hydrogen) atoms. The minimum Gasteiger partial charge on any atom is -0.477 e. The SMILES string of the molecule is CCCCCC(C)(OCCC)C(=O)Nc1cnc(OCCC)c(C)c1. The number of unbranched alkanes of at least 4 members (excludes halogenated alkanes) is 2. The summed E-state index contributed by atoms with van der Waals surface area (Å²) in [5.41, 5.74) is 0.776. The third-order valence-electron chi connectivity index (χ3n) is 4.09. The zero-order valence-corrected chi connectivity index (χ0v) is 16.5. The van der Waals surface area contributed by atoms with Gasteiger partial charge in [0, 0.05) is 12.2 Å². The zero-order valence-electron chi connectivity index (χ0n) is 16.5. The predicted octanol–water partition coefficient (Wildman–Crippen LogP) is 4.88. The molecule has 1 atom stereocenters. The van der Waals surface area contributed by atoms with Gasteiger partial charge in [0.25, 0.3) is 5.91 Å². The van der Waals surface area contributed by atoms with Crippen molar-refractivity contribution in [2.45, 2.75) is 78.7 Å². The van der Waals surface area contributed by atoms with Gasteiger partial charge in [-0.1, -0.05) is 40.0 Å². The summed E-state index contributed by atoms with van der Waals surface area (Å²) in [6.45, 7) is 11.3. The summed E-state index contributed by atoms with van der Waals surface area (Å²) < 4.78 is 11.5. The Labute approximate surface area is 152 Å². The largest absolute Gasteiger partial charge is 0.477 e. The molecule has 0 spiro atoms. The number of ether oxygens (including phenoxy) is 2. The minimum atomic E-state index is -0.809. The molecule has 0 saturated heterocycles. The quantitative estimate of drug-likeness (QED) is 0.546. The molecule has 0 fully saturated rings. The summed E-state index contributed by atoms with van der Waals surface area (Å²) >= 11 is 0. The molecule has 0 aliphatic heterocycles. The molecule has 0 saturated carbocycles. The number of nitrogens with zero attached hydrogens (tertiary/aromatic N) is 1. The normalized spacial score (nSPS) is 13.3. The summed E-state index contributed by atoms with van der Waals surface area (Å²) in [5, 5.41) is 2.96. The first kappa shape index (κ1) is 21.4. The van der Waals surface area contributed by atoms with Gasteiger partial charge in [0.2, 0.25) is 5.88 Å². The minimum absolute atomic E-state index is 0.111. The number of aromatic nitrogens is 1. The second-order valence-electron chi connectivity index (χ2n) is 6.69.